The van der Waals surface area contributed by atoms with E-state index in [0.29, 0.717) is 6.42 Å². The second-order valence-electron chi connectivity index (χ2n) is 6.87. The predicted molar refractivity (Wildman–Crippen MR) is 101 cm³/mol. The normalized spacial score (nSPS) is 12.5. The maximum atomic E-state index is 12.5. The molecule has 0 spiro atoms. The lowest BCUT2D eigenvalue weighted by atomic mass is 10.0. The van der Waals surface area contributed by atoms with Crippen LogP contribution in [-0.4, -0.2) is 25.0 Å². The Kier molecular flexibility index (Phi) is 5.26. The highest BCUT2D eigenvalue weighted by Crippen LogP contribution is 2.30. The Morgan fingerprint density at radius 2 is 1.92 bits per heavy atom. The summed E-state index contributed by atoms with van der Waals surface area (Å²) >= 11 is 0. The molecule has 0 saturated heterocycles. The first-order chi connectivity index (χ1) is 12.5. The van der Waals surface area contributed by atoms with Crippen LogP contribution in [0, 0.1) is 5.92 Å². The number of rotatable bonds is 6. The van der Waals surface area contributed by atoms with Gasteiger partial charge in [-0.25, -0.2) is 4.79 Å². The van der Waals surface area contributed by atoms with Gasteiger partial charge in [0.2, 0.25) is 5.91 Å². The third kappa shape index (κ3) is 3.72. The van der Waals surface area contributed by atoms with E-state index in [1.165, 1.54) is 7.11 Å². The van der Waals surface area contributed by atoms with Gasteiger partial charge in [0.1, 0.15) is 11.6 Å². The van der Waals surface area contributed by atoms with Crippen LogP contribution in [0.2, 0.25) is 0 Å². The number of hydrogen-bond acceptors (Lipinski definition) is 4. The number of furan rings is 1. The van der Waals surface area contributed by atoms with Crippen molar-refractivity contribution in [3.05, 3.63) is 48.2 Å². The zero-order valence-electron chi connectivity index (χ0n) is 15.2. The molecule has 0 saturated carbocycles. The minimum absolute atomic E-state index is 0.145. The lowest BCUT2D eigenvalue weighted by molar-refractivity contribution is -0.145. The van der Waals surface area contributed by atoms with Gasteiger partial charge in [0.15, 0.2) is 0 Å². The van der Waals surface area contributed by atoms with Gasteiger partial charge >= 0.3 is 5.97 Å². The Bertz CT molecular complexity index is 941. The SMILES string of the molecule is COC(=O)[C@@H](CC(C)C)NC(=O)Cc1coc2ccc3ccccc3c12. The summed E-state index contributed by atoms with van der Waals surface area (Å²) in [6, 6.07) is 11.3. The summed E-state index contributed by atoms with van der Waals surface area (Å²) in [5.74, 6) is -0.385. The van der Waals surface area contributed by atoms with Crippen LogP contribution in [0.3, 0.4) is 0 Å². The number of carbonyl (C=O) groups is 2. The molecule has 0 unspecified atom stereocenters. The molecule has 1 N–H and O–H groups in total. The van der Waals surface area contributed by atoms with E-state index in [1.807, 2.05) is 50.2 Å². The second kappa shape index (κ2) is 7.60. The fraction of sp³-hybridized carbons (Fsp3) is 0.333. The Morgan fingerprint density at radius 1 is 1.15 bits per heavy atom. The lowest BCUT2D eigenvalue weighted by Gasteiger charge is -2.18. The highest BCUT2D eigenvalue weighted by atomic mass is 16.5. The van der Waals surface area contributed by atoms with Crippen molar-refractivity contribution in [2.75, 3.05) is 7.11 Å². The first-order valence-corrected chi connectivity index (χ1v) is 8.74. The number of methoxy groups -OCH3 is 1. The molecule has 5 nitrogen and oxygen atoms in total. The van der Waals surface area contributed by atoms with E-state index in [2.05, 4.69) is 5.32 Å². The van der Waals surface area contributed by atoms with Crippen LogP contribution in [0.25, 0.3) is 21.7 Å². The first kappa shape index (κ1) is 18.0. The fourth-order valence-corrected chi connectivity index (χ4v) is 3.25. The smallest absolute Gasteiger partial charge is 0.328 e. The van der Waals surface area contributed by atoms with Gasteiger partial charge in [-0.2, -0.15) is 0 Å². The van der Waals surface area contributed by atoms with Crippen LogP contribution < -0.4 is 5.32 Å². The zero-order chi connectivity index (χ0) is 18.7. The van der Waals surface area contributed by atoms with Crippen LogP contribution >= 0.6 is 0 Å². The minimum atomic E-state index is -0.637. The first-order valence-electron chi connectivity index (χ1n) is 8.74. The van der Waals surface area contributed by atoms with Crippen LogP contribution in [0.15, 0.2) is 47.1 Å². The summed E-state index contributed by atoms with van der Waals surface area (Å²) in [6.45, 7) is 4.00. The van der Waals surface area contributed by atoms with Crippen LogP contribution in [0.5, 0.6) is 0 Å². The largest absolute Gasteiger partial charge is 0.467 e. The molecular formula is C21H23NO4. The van der Waals surface area contributed by atoms with Gasteiger partial charge in [-0.15, -0.1) is 0 Å². The molecule has 5 heteroatoms. The topological polar surface area (TPSA) is 68.5 Å². The molecule has 3 rings (SSSR count). The number of nitrogens with one attached hydrogen (secondary N) is 1. The summed E-state index contributed by atoms with van der Waals surface area (Å²) in [5.41, 5.74) is 1.56. The molecule has 0 radical (unpaired) electrons. The molecule has 2 aromatic carbocycles. The molecule has 1 atom stereocenters. The average molecular weight is 353 g/mol. The number of carbonyl (C=O) groups excluding carboxylic acids is 2. The molecular weight excluding hydrogens is 330 g/mol. The third-order valence-electron chi connectivity index (χ3n) is 4.42. The number of hydrogen-bond donors (Lipinski definition) is 1. The van der Waals surface area contributed by atoms with Gasteiger partial charge in [-0.1, -0.05) is 44.2 Å². The van der Waals surface area contributed by atoms with Gasteiger partial charge in [0, 0.05) is 10.9 Å². The van der Waals surface area contributed by atoms with E-state index < -0.39 is 12.0 Å². The van der Waals surface area contributed by atoms with Gasteiger partial charge in [-0.3, -0.25) is 4.79 Å². The van der Waals surface area contributed by atoms with Crippen molar-refractivity contribution in [3.8, 4) is 0 Å². The van der Waals surface area contributed by atoms with Crippen molar-refractivity contribution in [2.24, 2.45) is 5.92 Å². The number of amides is 1. The van der Waals surface area contributed by atoms with Gasteiger partial charge in [0.25, 0.3) is 0 Å². The number of ether oxygens (including phenoxy) is 1. The molecule has 0 aliphatic rings. The van der Waals surface area contributed by atoms with Crippen molar-refractivity contribution in [1.29, 1.82) is 0 Å². The minimum Gasteiger partial charge on any atom is -0.467 e. The van der Waals surface area contributed by atoms with Crippen molar-refractivity contribution < 1.29 is 18.7 Å². The van der Waals surface area contributed by atoms with Crippen molar-refractivity contribution in [1.82, 2.24) is 5.32 Å². The lowest BCUT2D eigenvalue weighted by Crippen LogP contribution is -2.43. The van der Waals surface area contributed by atoms with E-state index in [-0.39, 0.29) is 18.2 Å². The molecule has 0 fully saturated rings. The van der Waals surface area contributed by atoms with E-state index >= 15 is 0 Å². The van der Waals surface area contributed by atoms with Crippen molar-refractivity contribution in [3.63, 3.8) is 0 Å². The Hall–Kier alpha value is -2.82. The quantitative estimate of drug-likeness (QED) is 0.684. The van der Waals surface area contributed by atoms with Gasteiger partial charge < -0.3 is 14.5 Å². The van der Waals surface area contributed by atoms with E-state index in [9.17, 15) is 9.59 Å². The molecule has 136 valence electrons. The van der Waals surface area contributed by atoms with Crippen LogP contribution in [0.4, 0.5) is 0 Å². The molecule has 1 amide bonds. The molecule has 0 bridgehead atoms. The maximum absolute atomic E-state index is 12.5. The second-order valence-corrected chi connectivity index (χ2v) is 6.87. The van der Waals surface area contributed by atoms with Gasteiger partial charge in [0.05, 0.1) is 19.8 Å². The fourth-order valence-electron chi connectivity index (χ4n) is 3.25. The summed E-state index contributed by atoms with van der Waals surface area (Å²) in [6.07, 6.45) is 2.30. The van der Waals surface area contributed by atoms with Crippen molar-refractivity contribution >= 4 is 33.6 Å². The zero-order valence-corrected chi connectivity index (χ0v) is 15.2. The average Bonchev–Trinajstić information content (AvgIpc) is 3.03. The molecule has 1 aromatic heterocycles. The predicted octanol–water partition coefficient (Wildman–Crippen LogP) is 3.83. The molecule has 0 aliphatic carbocycles. The summed E-state index contributed by atoms with van der Waals surface area (Å²) in [4.78, 5) is 24.5. The van der Waals surface area contributed by atoms with E-state index in [1.54, 1.807) is 6.26 Å². The third-order valence-corrected chi connectivity index (χ3v) is 4.42. The molecule has 26 heavy (non-hydrogen) atoms. The highest BCUT2D eigenvalue weighted by molar-refractivity contribution is 6.08. The van der Waals surface area contributed by atoms with Crippen molar-refractivity contribution in [2.45, 2.75) is 32.7 Å². The monoisotopic (exact) mass is 353 g/mol. The Morgan fingerprint density at radius 3 is 2.65 bits per heavy atom. The molecule has 1 heterocycles. The molecule has 0 aliphatic heterocycles. The highest BCUT2D eigenvalue weighted by Gasteiger charge is 2.23. The summed E-state index contributed by atoms with van der Waals surface area (Å²) < 4.78 is 10.4. The Labute approximate surface area is 152 Å². The maximum Gasteiger partial charge on any atom is 0.328 e. The standard InChI is InChI=1S/C21H23NO4/c1-13(2)10-17(21(24)25-3)22-19(23)11-15-12-26-18-9-8-14-6-4-5-7-16(14)20(15)18/h4-9,12-13,17H,10-11H2,1-3H3,(H,22,23)/t17-/m1/s1. The number of fused-ring (bicyclic) bond motifs is 3. The van der Waals surface area contributed by atoms with Gasteiger partial charge in [-0.05, 0) is 29.2 Å². The summed E-state index contributed by atoms with van der Waals surface area (Å²) in [5, 5.41) is 5.88. The number of esters is 1. The van der Waals surface area contributed by atoms with E-state index in [0.717, 1.165) is 27.3 Å². The van der Waals surface area contributed by atoms with Crippen LogP contribution in [-0.2, 0) is 20.7 Å². The Balaban J connectivity index is 1.85. The number of benzene rings is 2. The summed E-state index contributed by atoms with van der Waals surface area (Å²) in [7, 11) is 1.33. The van der Waals surface area contributed by atoms with E-state index in [4.69, 9.17) is 9.15 Å². The van der Waals surface area contributed by atoms with Crippen LogP contribution in [0.1, 0.15) is 25.8 Å². The molecule has 3 aromatic rings.